The Kier molecular flexibility index (Phi) is 4.71. The first-order valence-corrected chi connectivity index (χ1v) is 8.50. The monoisotopic (exact) mass is 376 g/mol. The summed E-state index contributed by atoms with van der Waals surface area (Å²) in [6.45, 7) is 3.76. The van der Waals surface area contributed by atoms with Crippen molar-refractivity contribution in [3.63, 3.8) is 0 Å². The summed E-state index contributed by atoms with van der Waals surface area (Å²) in [5, 5.41) is 5.02. The Balaban J connectivity index is 1.78. The Morgan fingerprint density at radius 3 is 2.07 bits per heavy atom. The van der Waals surface area contributed by atoms with Crippen LogP contribution in [0.25, 0.3) is 0 Å². The molecule has 2 amide bonds. The molecule has 0 spiro atoms. The summed E-state index contributed by atoms with van der Waals surface area (Å²) in [6.07, 6.45) is -4.00. The number of alkyl halides is 3. The Bertz CT molecular complexity index is 902. The number of rotatable bonds is 4. The van der Waals surface area contributed by atoms with Gasteiger partial charge in [0.2, 0.25) is 11.8 Å². The minimum atomic E-state index is -4.60. The number of amides is 2. The van der Waals surface area contributed by atoms with Gasteiger partial charge in [-0.05, 0) is 50.5 Å². The predicted molar refractivity (Wildman–Crippen MR) is 96.3 cm³/mol. The molecule has 0 heterocycles. The van der Waals surface area contributed by atoms with Gasteiger partial charge in [-0.25, -0.2) is 0 Å². The molecule has 1 aliphatic carbocycles. The number of carbonyl (C=O) groups is 2. The maximum atomic E-state index is 13.1. The molecular weight excluding hydrogens is 357 g/mol. The van der Waals surface area contributed by atoms with Crippen LogP contribution >= 0.6 is 0 Å². The molecule has 1 fully saturated rings. The van der Waals surface area contributed by atoms with Crippen LogP contribution < -0.4 is 10.6 Å². The average molecular weight is 376 g/mol. The largest absolute Gasteiger partial charge is 0.418 e. The first-order valence-electron chi connectivity index (χ1n) is 8.50. The third-order valence-electron chi connectivity index (χ3n) is 4.73. The molecule has 2 aromatic rings. The van der Waals surface area contributed by atoms with Gasteiger partial charge in [0, 0.05) is 5.69 Å². The molecule has 1 aliphatic rings. The van der Waals surface area contributed by atoms with Crippen molar-refractivity contribution in [3.05, 3.63) is 59.2 Å². The second kappa shape index (κ2) is 6.72. The van der Waals surface area contributed by atoms with Gasteiger partial charge in [-0.2, -0.15) is 13.2 Å². The third kappa shape index (κ3) is 3.82. The Labute approximate surface area is 154 Å². The summed E-state index contributed by atoms with van der Waals surface area (Å²) in [5.41, 5.74) is -0.157. The van der Waals surface area contributed by atoms with Crippen molar-refractivity contribution in [1.82, 2.24) is 0 Å². The highest BCUT2D eigenvalue weighted by Crippen LogP contribution is 2.48. The summed E-state index contributed by atoms with van der Waals surface area (Å²) in [6, 6.07) is 10.2. The molecule has 0 bridgehead atoms. The summed E-state index contributed by atoms with van der Waals surface area (Å²) >= 11 is 0. The molecule has 7 heteroatoms. The van der Waals surface area contributed by atoms with Gasteiger partial charge >= 0.3 is 6.18 Å². The van der Waals surface area contributed by atoms with E-state index in [0.29, 0.717) is 18.5 Å². The molecule has 27 heavy (non-hydrogen) atoms. The van der Waals surface area contributed by atoms with Gasteiger partial charge in [-0.1, -0.05) is 29.8 Å². The normalized spacial score (nSPS) is 15.1. The average Bonchev–Trinajstić information content (AvgIpc) is 3.39. The highest BCUT2D eigenvalue weighted by molar-refractivity contribution is 6.17. The number of nitrogens with one attached hydrogen (secondary N) is 2. The zero-order chi connectivity index (χ0) is 19.8. The Hall–Kier alpha value is -2.83. The minimum absolute atomic E-state index is 0.295. The zero-order valence-electron chi connectivity index (χ0n) is 14.9. The van der Waals surface area contributed by atoms with Crippen molar-refractivity contribution in [2.75, 3.05) is 10.6 Å². The lowest BCUT2D eigenvalue weighted by Crippen LogP contribution is -2.36. The van der Waals surface area contributed by atoms with E-state index < -0.39 is 29.0 Å². The molecule has 0 radical (unpaired) electrons. The van der Waals surface area contributed by atoms with Crippen LogP contribution in [0.15, 0.2) is 42.5 Å². The fourth-order valence-corrected chi connectivity index (χ4v) is 2.96. The predicted octanol–water partition coefficient (Wildman–Crippen LogP) is 4.68. The van der Waals surface area contributed by atoms with Crippen molar-refractivity contribution in [1.29, 1.82) is 0 Å². The highest BCUT2D eigenvalue weighted by Gasteiger charge is 2.57. The van der Waals surface area contributed by atoms with Crippen LogP contribution in [-0.4, -0.2) is 11.8 Å². The zero-order valence-corrected chi connectivity index (χ0v) is 14.9. The molecule has 0 aliphatic heterocycles. The van der Waals surface area contributed by atoms with Crippen LogP contribution in [0, 0.1) is 19.3 Å². The molecule has 0 saturated heterocycles. The van der Waals surface area contributed by atoms with Gasteiger partial charge in [0.25, 0.3) is 0 Å². The molecular formula is C20H19F3N2O2. The summed E-state index contributed by atoms with van der Waals surface area (Å²) in [5.74, 6) is -1.22. The first kappa shape index (κ1) is 18.9. The van der Waals surface area contributed by atoms with Gasteiger partial charge in [0.1, 0.15) is 5.41 Å². The molecule has 142 valence electrons. The topological polar surface area (TPSA) is 58.2 Å². The highest BCUT2D eigenvalue weighted by atomic mass is 19.4. The fraction of sp³-hybridized carbons (Fsp3) is 0.300. The third-order valence-corrected chi connectivity index (χ3v) is 4.73. The molecule has 2 aromatic carbocycles. The van der Waals surface area contributed by atoms with Gasteiger partial charge in [-0.15, -0.1) is 0 Å². The van der Waals surface area contributed by atoms with Crippen LogP contribution in [0.3, 0.4) is 0 Å². The summed E-state index contributed by atoms with van der Waals surface area (Å²) in [7, 11) is 0. The SMILES string of the molecule is Cc1ccc(NC(=O)C2(C(=O)Nc3ccccc3C(F)(F)F)CC2)c(C)c1. The number of carbonyl (C=O) groups excluding carboxylic acids is 2. The van der Waals surface area contributed by atoms with E-state index in [4.69, 9.17) is 0 Å². The van der Waals surface area contributed by atoms with Crippen molar-refractivity contribution in [3.8, 4) is 0 Å². The molecule has 0 atom stereocenters. The van der Waals surface area contributed by atoms with Crippen molar-refractivity contribution in [2.45, 2.75) is 32.9 Å². The molecule has 0 aromatic heterocycles. The number of halogens is 3. The molecule has 2 N–H and O–H groups in total. The number of aryl methyl sites for hydroxylation is 2. The second-order valence-corrected chi connectivity index (χ2v) is 6.85. The van der Waals surface area contributed by atoms with Gasteiger partial charge in [-0.3, -0.25) is 9.59 Å². The van der Waals surface area contributed by atoms with Crippen molar-refractivity contribution in [2.24, 2.45) is 5.41 Å². The standard InChI is InChI=1S/C20H19F3N2O2/c1-12-7-8-15(13(2)11-12)24-17(26)19(9-10-19)18(27)25-16-6-4-3-5-14(16)20(21,22)23/h3-8,11H,9-10H2,1-2H3,(H,24,26)(H,25,27). The van der Waals surface area contributed by atoms with E-state index in [-0.39, 0.29) is 5.69 Å². The Morgan fingerprint density at radius 1 is 0.926 bits per heavy atom. The summed E-state index contributed by atoms with van der Waals surface area (Å²) in [4.78, 5) is 25.3. The van der Waals surface area contributed by atoms with Crippen LogP contribution in [0.1, 0.15) is 29.5 Å². The number of hydrogen-bond donors (Lipinski definition) is 2. The van der Waals surface area contributed by atoms with E-state index in [1.54, 1.807) is 6.07 Å². The summed E-state index contributed by atoms with van der Waals surface area (Å²) < 4.78 is 39.3. The number of benzene rings is 2. The van der Waals surface area contributed by atoms with Crippen LogP contribution in [0.2, 0.25) is 0 Å². The van der Waals surface area contributed by atoms with Crippen LogP contribution in [-0.2, 0) is 15.8 Å². The maximum absolute atomic E-state index is 13.1. The van der Waals surface area contributed by atoms with Gasteiger partial charge in [0.05, 0.1) is 11.3 Å². The van der Waals surface area contributed by atoms with E-state index in [1.807, 2.05) is 26.0 Å². The first-order chi connectivity index (χ1) is 12.6. The Morgan fingerprint density at radius 2 is 1.52 bits per heavy atom. The van der Waals surface area contributed by atoms with E-state index in [2.05, 4.69) is 10.6 Å². The second-order valence-electron chi connectivity index (χ2n) is 6.85. The van der Waals surface area contributed by atoms with E-state index >= 15 is 0 Å². The van der Waals surface area contributed by atoms with E-state index in [0.717, 1.165) is 17.2 Å². The van der Waals surface area contributed by atoms with Crippen LogP contribution in [0.4, 0.5) is 24.5 Å². The molecule has 4 nitrogen and oxygen atoms in total. The number of hydrogen-bond acceptors (Lipinski definition) is 2. The quantitative estimate of drug-likeness (QED) is 0.762. The van der Waals surface area contributed by atoms with E-state index in [1.165, 1.54) is 18.2 Å². The van der Waals surface area contributed by atoms with E-state index in [9.17, 15) is 22.8 Å². The lowest BCUT2D eigenvalue weighted by molar-refractivity contribution is -0.137. The number of anilines is 2. The molecule has 3 rings (SSSR count). The van der Waals surface area contributed by atoms with Crippen LogP contribution in [0.5, 0.6) is 0 Å². The van der Waals surface area contributed by atoms with Gasteiger partial charge in [0.15, 0.2) is 0 Å². The van der Waals surface area contributed by atoms with Crippen molar-refractivity contribution < 1.29 is 22.8 Å². The fourth-order valence-electron chi connectivity index (χ4n) is 2.96. The number of para-hydroxylation sites is 1. The molecule has 1 saturated carbocycles. The van der Waals surface area contributed by atoms with Gasteiger partial charge < -0.3 is 10.6 Å². The lowest BCUT2D eigenvalue weighted by atomic mass is 10.0. The minimum Gasteiger partial charge on any atom is -0.325 e. The van der Waals surface area contributed by atoms with Crippen molar-refractivity contribution >= 4 is 23.2 Å². The maximum Gasteiger partial charge on any atom is 0.418 e. The lowest BCUT2D eigenvalue weighted by Gasteiger charge is -2.18. The smallest absolute Gasteiger partial charge is 0.325 e. The molecule has 0 unspecified atom stereocenters.